The molecule has 1 unspecified atom stereocenters. The third kappa shape index (κ3) is 3.56. The molecule has 0 aromatic carbocycles. The van der Waals surface area contributed by atoms with Gasteiger partial charge in [-0.15, -0.1) is 0 Å². The summed E-state index contributed by atoms with van der Waals surface area (Å²) in [5.74, 6) is 2.21. The lowest BCUT2D eigenvalue weighted by atomic mass is 10.1. The van der Waals surface area contributed by atoms with Crippen molar-refractivity contribution < 1.29 is 4.74 Å². The van der Waals surface area contributed by atoms with E-state index in [9.17, 15) is 0 Å². The molecule has 5 heteroatoms. The van der Waals surface area contributed by atoms with E-state index in [1.807, 2.05) is 13.0 Å². The summed E-state index contributed by atoms with van der Waals surface area (Å²) in [6, 6.07) is 2.34. The van der Waals surface area contributed by atoms with Crippen LogP contribution in [0.5, 0.6) is 5.88 Å². The van der Waals surface area contributed by atoms with E-state index in [1.165, 1.54) is 12.8 Å². The summed E-state index contributed by atoms with van der Waals surface area (Å²) in [6.45, 7) is 4.06. The van der Waals surface area contributed by atoms with Gasteiger partial charge in [0, 0.05) is 12.1 Å². The van der Waals surface area contributed by atoms with Crippen LogP contribution in [0, 0.1) is 6.92 Å². The standard InChI is InChI=1S/C12H20N4O/c1-9-14-11(8-12(15-9)17-2)16-10-4-3-6-13-7-5-10/h8,10,13H,3-7H2,1-2H3,(H,14,15,16). The SMILES string of the molecule is COc1cc(NC2CCCNCC2)nc(C)n1. The minimum absolute atomic E-state index is 0.490. The van der Waals surface area contributed by atoms with Gasteiger partial charge in [-0.05, 0) is 39.3 Å². The van der Waals surface area contributed by atoms with Crippen LogP contribution >= 0.6 is 0 Å². The van der Waals surface area contributed by atoms with Crippen molar-refractivity contribution in [2.75, 3.05) is 25.5 Å². The van der Waals surface area contributed by atoms with Crippen molar-refractivity contribution in [3.8, 4) is 5.88 Å². The van der Waals surface area contributed by atoms with Gasteiger partial charge in [0.05, 0.1) is 7.11 Å². The number of methoxy groups -OCH3 is 1. The van der Waals surface area contributed by atoms with E-state index >= 15 is 0 Å². The van der Waals surface area contributed by atoms with Gasteiger partial charge in [-0.2, -0.15) is 4.98 Å². The average Bonchev–Trinajstić information content (AvgIpc) is 2.57. The zero-order valence-corrected chi connectivity index (χ0v) is 10.5. The van der Waals surface area contributed by atoms with Crippen molar-refractivity contribution >= 4 is 5.82 Å². The molecular formula is C12H20N4O. The van der Waals surface area contributed by atoms with E-state index in [4.69, 9.17) is 4.74 Å². The summed E-state index contributed by atoms with van der Waals surface area (Å²) in [6.07, 6.45) is 3.52. The maximum atomic E-state index is 5.15. The topological polar surface area (TPSA) is 59.1 Å². The number of nitrogens with zero attached hydrogens (tertiary/aromatic N) is 2. The van der Waals surface area contributed by atoms with E-state index in [-0.39, 0.29) is 0 Å². The predicted octanol–water partition coefficient (Wildman–Crippen LogP) is 1.35. The molecule has 1 aromatic rings. The molecule has 1 atom stereocenters. The number of nitrogens with one attached hydrogen (secondary N) is 2. The van der Waals surface area contributed by atoms with Crippen LogP contribution in [0.25, 0.3) is 0 Å². The normalized spacial score (nSPS) is 20.7. The molecule has 1 aliphatic heterocycles. The Labute approximate surface area is 102 Å². The third-order valence-corrected chi connectivity index (χ3v) is 2.95. The fourth-order valence-electron chi connectivity index (χ4n) is 2.09. The van der Waals surface area contributed by atoms with Crippen LogP contribution < -0.4 is 15.4 Å². The van der Waals surface area contributed by atoms with Gasteiger partial charge in [0.25, 0.3) is 0 Å². The molecule has 2 heterocycles. The fraction of sp³-hybridized carbons (Fsp3) is 0.667. The molecule has 1 fully saturated rings. The predicted molar refractivity (Wildman–Crippen MR) is 67.5 cm³/mol. The van der Waals surface area contributed by atoms with Crippen LogP contribution in [0.4, 0.5) is 5.82 Å². The molecule has 0 bridgehead atoms. The lowest BCUT2D eigenvalue weighted by molar-refractivity contribution is 0.395. The second-order valence-corrected chi connectivity index (χ2v) is 4.36. The average molecular weight is 236 g/mol. The zero-order chi connectivity index (χ0) is 12.1. The molecule has 0 spiro atoms. The molecule has 0 saturated carbocycles. The van der Waals surface area contributed by atoms with E-state index in [0.717, 1.165) is 31.2 Å². The van der Waals surface area contributed by atoms with Gasteiger partial charge in [-0.1, -0.05) is 0 Å². The first-order chi connectivity index (χ1) is 8.28. The minimum Gasteiger partial charge on any atom is -0.481 e. The highest BCUT2D eigenvalue weighted by Gasteiger charge is 2.12. The first-order valence-electron chi connectivity index (χ1n) is 6.15. The molecule has 94 valence electrons. The Morgan fingerprint density at radius 2 is 2.24 bits per heavy atom. The summed E-state index contributed by atoms with van der Waals surface area (Å²) in [5, 5.41) is 6.86. The number of hydrogen-bond donors (Lipinski definition) is 2. The number of rotatable bonds is 3. The highest BCUT2D eigenvalue weighted by atomic mass is 16.5. The van der Waals surface area contributed by atoms with Crippen molar-refractivity contribution in [2.45, 2.75) is 32.2 Å². The molecule has 1 aromatic heterocycles. The Morgan fingerprint density at radius 1 is 1.35 bits per heavy atom. The van der Waals surface area contributed by atoms with Crippen LogP contribution in [0.2, 0.25) is 0 Å². The van der Waals surface area contributed by atoms with Crippen LogP contribution in [0.3, 0.4) is 0 Å². The molecule has 5 nitrogen and oxygen atoms in total. The van der Waals surface area contributed by atoms with Gasteiger partial charge < -0.3 is 15.4 Å². The Balaban J connectivity index is 2.03. The van der Waals surface area contributed by atoms with Crippen LogP contribution in [-0.4, -0.2) is 36.2 Å². The molecular weight excluding hydrogens is 216 g/mol. The second kappa shape index (κ2) is 5.82. The van der Waals surface area contributed by atoms with Crippen molar-refractivity contribution in [1.29, 1.82) is 0 Å². The molecule has 1 aliphatic rings. The van der Waals surface area contributed by atoms with Gasteiger partial charge in [0.2, 0.25) is 5.88 Å². The fourth-order valence-corrected chi connectivity index (χ4v) is 2.09. The third-order valence-electron chi connectivity index (χ3n) is 2.95. The molecule has 2 rings (SSSR count). The van der Waals surface area contributed by atoms with Crippen LogP contribution in [-0.2, 0) is 0 Å². The lowest BCUT2D eigenvalue weighted by Crippen LogP contribution is -2.22. The Kier molecular flexibility index (Phi) is 4.14. The quantitative estimate of drug-likeness (QED) is 0.829. The van der Waals surface area contributed by atoms with Crippen molar-refractivity contribution in [1.82, 2.24) is 15.3 Å². The molecule has 0 aliphatic carbocycles. The minimum atomic E-state index is 0.490. The first kappa shape index (κ1) is 12.1. The van der Waals surface area contributed by atoms with Crippen molar-refractivity contribution in [2.24, 2.45) is 0 Å². The zero-order valence-electron chi connectivity index (χ0n) is 10.5. The van der Waals surface area contributed by atoms with Crippen molar-refractivity contribution in [3.63, 3.8) is 0 Å². The molecule has 0 radical (unpaired) electrons. The molecule has 0 amide bonds. The van der Waals surface area contributed by atoms with Crippen LogP contribution in [0.15, 0.2) is 6.07 Å². The van der Waals surface area contributed by atoms with Gasteiger partial charge in [0.1, 0.15) is 11.6 Å². The summed E-state index contributed by atoms with van der Waals surface area (Å²) in [5.41, 5.74) is 0. The monoisotopic (exact) mass is 236 g/mol. The number of aryl methyl sites for hydroxylation is 1. The van der Waals surface area contributed by atoms with Gasteiger partial charge in [0.15, 0.2) is 0 Å². The highest BCUT2D eigenvalue weighted by molar-refractivity contribution is 5.39. The van der Waals surface area contributed by atoms with Gasteiger partial charge >= 0.3 is 0 Å². The highest BCUT2D eigenvalue weighted by Crippen LogP contribution is 2.16. The lowest BCUT2D eigenvalue weighted by Gasteiger charge is -2.17. The number of anilines is 1. The maximum absolute atomic E-state index is 5.15. The number of aromatic nitrogens is 2. The first-order valence-corrected chi connectivity index (χ1v) is 6.15. The Hall–Kier alpha value is -1.36. The number of ether oxygens (including phenoxy) is 1. The van der Waals surface area contributed by atoms with Gasteiger partial charge in [-0.3, -0.25) is 0 Å². The largest absolute Gasteiger partial charge is 0.481 e. The van der Waals surface area contributed by atoms with E-state index in [2.05, 4.69) is 20.6 Å². The summed E-state index contributed by atoms with van der Waals surface area (Å²) in [4.78, 5) is 8.56. The van der Waals surface area contributed by atoms with Crippen molar-refractivity contribution in [3.05, 3.63) is 11.9 Å². The van der Waals surface area contributed by atoms with E-state index in [0.29, 0.717) is 11.9 Å². The molecule has 1 saturated heterocycles. The summed E-state index contributed by atoms with van der Waals surface area (Å²) >= 11 is 0. The van der Waals surface area contributed by atoms with E-state index < -0.39 is 0 Å². The van der Waals surface area contributed by atoms with E-state index in [1.54, 1.807) is 7.11 Å². The Bertz CT molecular complexity index is 362. The summed E-state index contributed by atoms with van der Waals surface area (Å²) < 4.78 is 5.15. The molecule has 17 heavy (non-hydrogen) atoms. The second-order valence-electron chi connectivity index (χ2n) is 4.36. The Morgan fingerprint density at radius 3 is 3.06 bits per heavy atom. The van der Waals surface area contributed by atoms with Gasteiger partial charge in [-0.25, -0.2) is 4.98 Å². The smallest absolute Gasteiger partial charge is 0.218 e. The van der Waals surface area contributed by atoms with Crippen LogP contribution in [0.1, 0.15) is 25.1 Å². The number of hydrogen-bond acceptors (Lipinski definition) is 5. The maximum Gasteiger partial charge on any atom is 0.218 e. The summed E-state index contributed by atoms with van der Waals surface area (Å²) in [7, 11) is 1.63. The molecule has 2 N–H and O–H groups in total.